The molecule has 0 aliphatic carbocycles. The first kappa shape index (κ1) is 13.7. The van der Waals surface area contributed by atoms with Crippen molar-refractivity contribution in [2.45, 2.75) is 27.7 Å². The van der Waals surface area contributed by atoms with Gasteiger partial charge in [-0.05, 0) is 17.8 Å². The molecule has 1 aromatic rings. The van der Waals surface area contributed by atoms with Gasteiger partial charge in [-0.25, -0.2) is 10.8 Å². The van der Waals surface area contributed by atoms with Gasteiger partial charge >= 0.3 is 0 Å². The molecule has 0 aliphatic rings. The molecule has 4 N–H and O–H groups in total. The van der Waals surface area contributed by atoms with Gasteiger partial charge in [-0.3, -0.25) is 4.98 Å². The molecular formula is C12H23N5. The summed E-state index contributed by atoms with van der Waals surface area (Å²) < 4.78 is 0. The van der Waals surface area contributed by atoms with Crippen LogP contribution < -0.4 is 16.6 Å². The van der Waals surface area contributed by atoms with Crippen LogP contribution in [0.2, 0.25) is 0 Å². The Hall–Kier alpha value is -1.36. The van der Waals surface area contributed by atoms with Crippen LogP contribution in [0.4, 0.5) is 11.6 Å². The molecule has 0 saturated heterocycles. The van der Waals surface area contributed by atoms with E-state index >= 15 is 0 Å². The van der Waals surface area contributed by atoms with E-state index in [0.717, 1.165) is 12.4 Å². The normalized spacial score (nSPS) is 11.3. The van der Waals surface area contributed by atoms with Crippen LogP contribution in [0.1, 0.15) is 27.7 Å². The molecule has 0 unspecified atom stereocenters. The molecule has 0 bridgehead atoms. The summed E-state index contributed by atoms with van der Waals surface area (Å²) in [5.74, 6) is 8.52. The zero-order valence-electron chi connectivity index (χ0n) is 11.1. The fourth-order valence-corrected chi connectivity index (χ4v) is 1.98. The Labute approximate surface area is 103 Å². The Kier molecular flexibility index (Phi) is 5.15. The predicted octanol–water partition coefficient (Wildman–Crippen LogP) is 2.10. The van der Waals surface area contributed by atoms with Crippen molar-refractivity contribution in [1.29, 1.82) is 0 Å². The smallest absolute Gasteiger partial charge is 0.160 e. The highest BCUT2D eigenvalue weighted by Crippen LogP contribution is 2.20. The third kappa shape index (κ3) is 4.19. The fraction of sp³-hybridized carbons (Fsp3) is 0.667. The summed E-state index contributed by atoms with van der Waals surface area (Å²) >= 11 is 0. The van der Waals surface area contributed by atoms with Crippen LogP contribution in [0, 0.1) is 17.8 Å². The Balaban J connectivity index is 2.59. The van der Waals surface area contributed by atoms with Gasteiger partial charge in [-0.2, -0.15) is 0 Å². The number of aromatic nitrogens is 2. The highest BCUT2D eigenvalue weighted by atomic mass is 15.3. The lowest BCUT2D eigenvalue weighted by Gasteiger charge is -2.25. The van der Waals surface area contributed by atoms with E-state index in [2.05, 4.69) is 48.4 Å². The summed E-state index contributed by atoms with van der Waals surface area (Å²) in [5, 5.41) is 3.31. The number of nitrogens with one attached hydrogen (secondary N) is 2. The van der Waals surface area contributed by atoms with Gasteiger partial charge in [0.15, 0.2) is 5.82 Å². The van der Waals surface area contributed by atoms with Crippen molar-refractivity contribution in [2.75, 3.05) is 17.3 Å². The minimum atomic E-state index is 0.570. The molecule has 0 radical (unpaired) electrons. The van der Waals surface area contributed by atoms with Crippen LogP contribution in [0.3, 0.4) is 0 Å². The number of nitrogens with two attached hydrogens (primary N) is 1. The maximum Gasteiger partial charge on any atom is 0.160 e. The second-order valence-corrected chi connectivity index (χ2v) is 4.97. The van der Waals surface area contributed by atoms with E-state index in [1.165, 1.54) is 0 Å². The van der Waals surface area contributed by atoms with Crippen molar-refractivity contribution < 1.29 is 0 Å². The standard InChI is InChI=1S/C12H23N5/c1-8(2)10(9(3)4)5-15-11-6-14-7-12(16-11)17-13/h6-10H,5,13H2,1-4H3,(H2,15,16,17). The molecule has 5 nitrogen and oxygen atoms in total. The lowest BCUT2D eigenvalue weighted by Crippen LogP contribution is -2.25. The van der Waals surface area contributed by atoms with Gasteiger partial charge in [-0.1, -0.05) is 27.7 Å². The zero-order valence-corrected chi connectivity index (χ0v) is 11.1. The summed E-state index contributed by atoms with van der Waals surface area (Å²) in [4.78, 5) is 8.33. The highest BCUT2D eigenvalue weighted by Gasteiger charge is 2.17. The Morgan fingerprint density at radius 2 is 1.71 bits per heavy atom. The largest absolute Gasteiger partial charge is 0.368 e. The number of anilines is 2. The average molecular weight is 237 g/mol. The first-order valence-electron chi connectivity index (χ1n) is 6.07. The predicted molar refractivity (Wildman–Crippen MR) is 71.5 cm³/mol. The summed E-state index contributed by atoms with van der Waals surface area (Å²) in [6.07, 6.45) is 3.30. The minimum Gasteiger partial charge on any atom is -0.368 e. The molecule has 1 rings (SSSR count). The van der Waals surface area contributed by atoms with E-state index in [1.807, 2.05) is 0 Å². The quantitative estimate of drug-likeness (QED) is 0.522. The summed E-state index contributed by atoms with van der Waals surface area (Å²) in [6, 6.07) is 0. The zero-order chi connectivity index (χ0) is 12.8. The lowest BCUT2D eigenvalue weighted by atomic mass is 9.85. The minimum absolute atomic E-state index is 0.570. The van der Waals surface area contributed by atoms with Crippen molar-refractivity contribution in [3.8, 4) is 0 Å². The van der Waals surface area contributed by atoms with Crippen LogP contribution in [-0.4, -0.2) is 16.5 Å². The second kappa shape index (κ2) is 6.39. The van der Waals surface area contributed by atoms with Crippen molar-refractivity contribution in [1.82, 2.24) is 9.97 Å². The Morgan fingerprint density at radius 3 is 2.24 bits per heavy atom. The first-order valence-corrected chi connectivity index (χ1v) is 6.07. The van der Waals surface area contributed by atoms with Crippen molar-refractivity contribution >= 4 is 11.6 Å². The van der Waals surface area contributed by atoms with Crippen LogP contribution in [-0.2, 0) is 0 Å². The van der Waals surface area contributed by atoms with Gasteiger partial charge in [-0.15, -0.1) is 0 Å². The third-order valence-corrected chi connectivity index (χ3v) is 3.01. The maximum atomic E-state index is 5.29. The summed E-state index contributed by atoms with van der Waals surface area (Å²) in [7, 11) is 0. The summed E-state index contributed by atoms with van der Waals surface area (Å²) in [6.45, 7) is 9.88. The number of nitrogens with zero attached hydrogens (tertiary/aromatic N) is 2. The van der Waals surface area contributed by atoms with E-state index in [1.54, 1.807) is 12.4 Å². The van der Waals surface area contributed by atoms with E-state index in [4.69, 9.17) is 5.84 Å². The van der Waals surface area contributed by atoms with E-state index < -0.39 is 0 Å². The van der Waals surface area contributed by atoms with Crippen LogP contribution in [0.25, 0.3) is 0 Å². The third-order valence-electron chi connectivity index (χ3n) is 3.01. The van der Waals surface area contributed by atoms with Crippen molar-refractivity contribution in [2.24, 2.45) is 23.6 Å². The summed E-state index contributed by atoms with van der Waals surface area (Å²) in [5.41, 5.74) is 2.49. The van der Waals surface area contributed by atoms with E-state index in [0.29, 0.717) is 23.6 Å². The topological polar surface area (TPSA) is 75.9 Å². The molecule has 17 heavy (non-hydrogen) atoms. The van der Waals surface area contributed by atoms with E-state index in [-0.39, 0.29) is 0 Å². The lowest BCUT2D eigenvalue weighted by molar-refractivity contribution is 0.304. The van der Waals surface area contributed by atoms with Gasteiger partial charge in [0.05, 0.1) is 12.4 Å². The SMILES string of the molecule is CC(C)C(CNc1cncc(NN)n1)C(C)C. The monoisotopic (exact) mass is 237 g/mol. The number of hydrazine groups is 1. The van der Waals surface area contributed by atoms with Crippen molar-refractivity contribution in [3.63, 3.8) is 0 Å². The Morgan fingerprint density at radius 1 is 1.12 bits per heavy atom. The number of nitrogen functional groups attached to an aromatic ring is 1. The fourth-order valence-electron chi connectivity index (χ4n) is 1.98. The van der Waals surface area contributed by atoms with Gasteiger partial charge in [0.2, 0.25) is 0 Å². The van der Waals surface area contributed by atoms with Gasteiger partial charge in [0.1, 0.15) is 5.82 Å². The van der Waals surface area contributed by atoms with Gasteiger partial charge in [0.25, 0.3) is 0 Å². The molecule has 5 heteroatoms. The molecule has 0 aromatic carbocycles. The van der Waals surface area contributed by atoms with Gasteiger partial charge < -0.3 is 10.7 Å². The molecule has 1 heterocycles. The molecule has 0 spiro atoms. The molecule has 0 saturated carbocycles. The molecule has 0 fully saturated rings. The molecule has 96 valence electrons. The average Bonchev–Trinajstić information content (AvgIpc) is 2.28. The van der Waals surface area contributed by atoms with Crippen molar-refractivity contribution in [3.05, 3.63) is 12.4 Å². The first-order chi connectivity index (χ1) is 8.04. The maximum absolute atomic E-state index is 5.29. The molecule has 1 aromatic heterocycles. The molecule has 0 atom stereocenters. The van der Waals surface area contributed by atoms with Crippen LogP contribution in [0.5, 0.6) is 0 Å². The second-order valence-electron chi connectivity index (χ2n) is 4.97. The Bertz CT molecular complexity index is 329. The number of hydrogen-bond acceptors (Lipinski definition) is 5. The highest BCUT2D eigenvalue weighted by molar-refractivity contribution is 5.40. The van der Waals surface area contributed by atoms with E-state index in [9.17, 15) is 0 Å². The van der Waals surface area contributed by atoms with Gasteiger partial charge in [0, 0.05) is 6.54 Å². The molecular weight excluding hydrogens is 214 g/mol. The van der Waals surface area contributed by atoms with Crippen LogP contribution in [0.15, 0.2) is 12.4 Å². The molecule has 0 aliphatic heterocycles. The number of hydrogen-bond donors (Lipinski definition) is 3. The van der Waals surface area contributed by atoms with Crippen LogP contribution >= 0.6 is 0 Å². The molecule has 0 amide bonds. The number of rotatable bonds is 6.